The molecule has 0 saturated heterocycles. The maximum absolute atomic E-state index is 13.2. The van der Waals surface area contributed by atoms with Gasteiger partial charge in [-0.25, -0.2) is 4.39 Å². The van der Waals surface area contributed by atoms with Gasteiger partial charge < -0.3 is 5.32 Å². The van der Waals surface area contributed by atoms with E-state index >= 15 is 0 Å². The van der Waals surface area contributed by atoms with Crippen molar-refractivity contribution < 1.29 is 4.39 Å². The third-order valence-electron chi connectivity index (χ3n) is 2.45. The van der Waals surface area contributed by atoms with Gasteiger partial charge in [0.2, 0.25) is 0 Å². The Morgan fingerprint density at radius 3 is 2.94 bits per heavy atom. The van der Waals surface area contributed by atoms with Crippen molar-refractivity contribution in [3.8, 4) is 5.69 Å². The normalized spacial score (nSPS) is 12.7. The number of hydrogen-bond donors (Lipinski definition) is 1. The van der Waals surface area contributed by atoms with Gasteiger partial charge in [-0.1, -0.05) is 0 Å². The second kappa shape index (κ2) is 4.89. The second-order valence-electron chi connectivity index (χ2n) is 3.55. The summed E-state index contributed by atoms with van der Waals surface area (Å²) in [5, 5.41) is 14.5. The molecule has 0 amide bonds. The zero-order valence-corrected chi connectivity index (χ0v) is 10.9. The summed E-state index contributed by atoms with van der Waals surface area (Å²) in [4.78, 5) is 0. The third kappa shape index (κ3) is 2.34. The van der Waals surface area contributed by atoms with Crippen LogP contribution in [0.4, 0.5) is 4.39 Å². The molecule has 5 nitrogen and oxygen atoms in total. The van der Waals surface area contributed by atoms with E-state index in [1.54, 1.807) is 6.07 Å². The SMILES string of the molecule is CNC(C)c1nnnn1-c1cc(F)ccc1Br. The highest BCUT2D eigenvalue weighted by atomic mass is 79.9. The summed E-state index contributed by atoms with van der Waals surface area (Å²) in [5.74, 6) is 0.292. The van der Waals surface area contributed by atoms with Crippen molar-refractivity contribution in [2.24, 2.45) is 0 Å². The molecule has 1 aromatic heterocycles. The minimum atomic E-state index is -0.332. The Morgan fingerprint density at radius 1 is 1.47 bits per heavy atom. The Morgan fingerprint density at radius 2 is 2.24 bits per heavy atom. The predicted octanol–water partition coefficient (Wildman–Crippen LogP) is 1.84. The summed E-state index contributed by atoms with van der Waals surface area (Å²) in [6.07, 6.45) is 0. The average molecular weight is 300 g/mol. The van der Waals surface area contributed by atoms with Crippen molar-refractivity contribution in [2.45, 2.75) is 13.0 Å². The number of hydrogen-bond acceptors (Lipinski definition) is 4. The van der Waals surface area contributed by atoms with Crippen LogP contribution in [0.25, 0.3) is 5.69 Å². The van der Waals surface area contributed by atoms with Gasteiger partial charge in [-0.15, -0.1) is 5.10 Å². The van der Waals surface area contributed by atoms with Crippen molar-refractivity contribution in [1.29, 1.82) is 0 Å². The lowest BCUT2D eigenvalue weighted by molar-refractivity contribution is 0.584. The van der Waals surface area contributed by atoms with Gasteiger partial charge in [0.1, 0.15) is 5.82 Å². The third-order valence-corrected chi connectivity index (χ3v) is 3.12. The maximum Gasteiger partial charge on any atom is 0.173 e. The lowest BCUT2D eigenvalue weighted by Crippen LogP contribution is -2.18. The van der Waals surface area contributed by atoms with Crippen molar-refractivity contribution in [3.63, 3.8) is 0 Å². The Bertz CT molecular complexity index is 527. The minimum Gasteiger partial charge on any atom is -0.311 e. The molecule has 0 aliphatic rings. The van der Waals surface area contributed by atoms with Crippen LogP contribution in [0.2, 0.25) is 0 Å². The predicted molar refractivity (Wildman–Crippen MR) is 64.3 cm³/mol. The number of benzene rings is 1. The van der Waals surface area contributed by atoms with Crippen LogP contribution in [0, 0.1) is 5.82 Å². The van der Waals surface area contributed by atoms with Crippen molar-refractivity contribution in [1.82, 2.24) is 25.5 Å². The fourth-order valence-corrected chi connectivity index (χ4v) is 1.83. The van der Waals surface area contributed by atoms with Gasteiger partial charge in [0.25, 0.3) is 0 Å². The van der Waals surface area contributed by atoms with Gasteiger partial charge in [-0.3, -0.25) is 0 Å². The van der Waals surface area contributed by atoms with E-state index in [1.807, 2.05) is 14.0 Å². The fraction of sp³-hybridized carbons (Fsp3) is 0.300. The highest BCUT2D eigenvalue weighted by molar-refractivity contribution is 9.10. The minimum absolute atomic E-state index is 0.0276. The first-order chi connectivity index (χ1) is 8.13. The average Bonchev–Trinajstić information content (AvgIpc) is 2.80. The molecule has 0 radical (unpaired) electrons. The summed E-state index contributed by atoms with van der Waals surface area (Å²) in [6, 6.07) is 4.35. The van der Waals surface area contributed by atoms with E-state index in [4.69, 9.17) is 0 Å². The number of tetrazole rings is 1. The first-order valence-corrected chi connectivity index (χ1v) is 5.83. The van der Waals surface area contributed by atoms with Crippen molar-refractivity contribution >= 4 is 15.9 Å². The van der Waals surface area contributed by atoms with Crippen LogP contribution < -0.4 is 5.32 Å². The van der Waals surface area contributed by atoms with E-state index in [0.717, 1.165) is 4.47 Å². The summed E-state index contributed by atoms with van der Waals surface area (Å²) in [7, 11) is 1.81. The molecule has 0 fully saturated rings. The van der Waals surface area contributed by atoms with Crippen LogP contribution >= 0.6 is 15.9 Å². The largest absolute Gasteiger partial charge is 0.311 e. The highest BCUT2D eigenvalue weighted by Crippen LogP contribution is 2.23. The molecule has 0 bridgehead atoms. The summed E-state index contributed by atoms with van der Waals surface area (Å²) < 4.78 is 15.5. The van der Waals surface area contributed by atoms with E-state index in [0.29, 0.717) is 11.5 Å². The quantitative estimate of drug-likeness (QED) is 0.940. The van der Waals surface area contributed by atoms with Gasteiger partial charge >= 0.3 is 0 Å². The Kier molecular flexibility index (Phi) is 3.49. The van der Waals surface area contributed by atoms with Gasteiger partial charge in [-0.2, -0.15) is 4.68 Å². The van der Waals surface area contributed by atoms with Crippen LogP contribution in [0.15, 0.2) is 22.7 Å². The monoisotopic (exact) mass is 299 g/mol. The van der Waals surface area contributed by atoms with Crippen LogP contribution in [0.5, 0.6) is 0 Å². The molecular weight excluding hydrogens is 289 g/mol. The van der Waals surface area contributed by atoms with E-state index < -0.39 is 0 Å². The van der Waals surface area contributed by atoms with Gasteiger partial charge in [-0.05, 0) is 52.5 Å². The molecule has 1 aromatic carbocycles. The molecule has 1 heterocycles. The lowest BCUT2D eigenvalue weighted by Gasteiger charge is -2.11. The van der Waals surface area contributed by atoms with Crippen LogP contribution in [-0.2, 0) is 0 Å². The number of nitrogens with one attached hydrogen (secondary N) is 1. The standard InChI is InChI=1S/C10H11BrFN5/c1-6(13-2)10-14-15-16-17(10)9-5-7(12)3-4-8(9)11/h3-6,13H,1-2H3. The Labute approximate surface area is 106 Å². The molecule has 0 spiro atoms. The Balaban J connectivity index is 2.53. The van der Waals surface area contributed by atoms with Crippen LogP contribution in [-0.4, -0.2) is 27.3 Å². The van der Waals surface area contributed by atoms with Crippen molar-refractivity contribution in [3.05, 3.63) is 34.3 Å². The molecule has 1 unspecified atom stereocenters. The highest BCUT2D eigenvalue weighted by Gasteiger charge is 2.16. The van der Waals surface area contributed by atoms with E-state index in [-0.39, 0.29) is 11.9 Å². The fourth-order valence-electron chi connectivity index (χ4n) is 1.41. The van der Waals surface area contributed by atoms with Crippen LogP contribution in [0.3, 0.4) is 0 Å². The first-order valence-electron chi connectivity index (χ1n) is 5.04. The van der Waals surface area contributed by atoms with E-state index in [1.165, 1.54) is 16.8 Å². The molecule has 0 aliphatic carbocycles. The molecule has 2 aromatic rings. The van der Waals surface area contributed by atoms with Gasteiger partial charge in [0, 0.05) is 10.5 Å². The molecule has 7 heteroatoms. The molecule has 17 heavy (non-hydrogen) atoms. The molecule has 2 rings (SSSR count). The van der Waals surface area contributed by atoms with Gasteiger partial charge in [0.05, 0.1) is 11.7 Å². The Hall–Kier alpha value is -1.34. The molecule has 1 atom stereocenters. The van der Waals surface area contributed by atoms with Gasteiger partial charge in [0.15, 0.2) is 5.82 Å². The molecule has 0 saturated carbocycles. The lowest BCUT2D eigenvalue weighted by atomic mass is 10.3. The molecular formula is C10H11BrFN5. The van der Waals surface area contributed by atoms with Crippen molar-refractivity contribution in [2.75, 3.05) is 7.05 Å². The zero-order chi connectivity index (χ0) is 12.4. The molecule has 1 N–H and O–H groups in total. The van der Waals surface area contributed by atoms with Crippen LogP contribution in [0.1, 0.15) is 18.8 Å². The number of rotatable bonds is 3. The maximum atomic E-state index is 13.2. The second-order valence-corrected chi connectivity index (χ2v) is 4.41. The number of aromatic nitrogens is 4. The molecule has 0 aliphatic heterocycles. The molecule has 90 valence electrons. The summed E-state index contributed by atoms with van der Waals surface area (Å²) >= 11 is 3.35. The van der Waals surface area contributed by atoms with E-state index in [9.17, 15) is 4.39 Å². The summed E-state index contributed by atoms with van der Waals surface area (Å²) in [6.45, 7) is 1.93. The smallest absolute Gasteiger partial charge is 0.173 e. The number of halogens is 2. The topological polar surface area (TPSA) is 55.6 Å². The van der Waals surface area contributed by atoms with E-state index in [2.05, 4.69) is 36.8 Å². The number of nitrogens with zero attached hydrogens (tertiary/aromatic N) is 4. The zero-order valence-electron chi connectivity index (χ0n) is 9.35. The first kappa shape index (κ1) is 12.1. The summed E-state index contributed by atoms with van der Waals surface area (Å²) in [5.41, 5.74) is 0.576.